The molecule has 0 bridgehead atoms. The minimum Gasteiger partial charge on any atom is -0.393 e. The van der Waals surface area contributed by atoms with Crippen LogP contribution in [0.15, 0.2) is 12.1 Å². The van der Waals surface area contributed by atoms with E-state index >= 15 is 0 Å². The first-order valence-electron chi connectivity index (χ1n) is 6.01. The fraction of sp³-hybridized carbons (Fsp3) is 0.571. The van der Waals surface area contributed by atoms with E-state index in [1.165, 1.54) is 0 Å². The van der Waals surface area contributed by atoms with Crippen molar-refractivity contribution in [3.05, 3.63) is 34.6 Å². The lowest BCUT2D eigenvalue weighted by atomic mass is 9.98. The maximum absolute atomic E-state index is 13.7. The molecule has 0 saturated heterocycles. The van der Waals surface area contributed by atoms with Gasteiger partial charge in [0.25, 0.3) is 0 Å². The van der Waals surface area contributed by atoms with Crippen LogP contribution in [0.25, 0.3) is 0 Å². The molecule has 1 aromatic carbocycles. The Morgan fingerprint density at radius 1 is 1.38 bits per heavy atom. The van der Waals surface area contributed by atoms with Gasteiger partial charge in [0.15, 0.2) is 0 Å². The van der Waals surface area contributed by atoms with Crippen LogP contribution in [-0.2, 0) is 6.42 Å². The summed E-state index contributed by atoms with van der Waals surface area (Å²) < 4.78 is 13.7. The smallest absolute Gasteiger partial charge is 0.126 e. The minimum absolute atomic E-state index is 0.125. The predicted molar refractivity (Wildman–Crippen MR) is 62.9 cm³/mol. The van der Waals surface area contributed by atoms with Gasteiger partial charge in [-0.1, -0.05) is 6.07 Å². The van der Waals surface area contributed by atoms with E-state index in [0.29, 0.717) is 18.8 Å². The van der Waals surface area contributed by atoms with E-state index in [0.717, 1.165) is 29.5 Å². The SMILES string of the molecule is Cc1cc(C)c(CCC(O)C2CC2)c(F)c1. The number of rotatable bonds is 4. The van der Waals surface area contributed by atoms with Crippen molar-refractivity contribution >= 4 is 0 Å². The first-order chi connectivity index (χ1) is 7.58. The van der Waals surface area contributed by atoms with E-state index in [1.54, 1.807) is 6.07 Å². The van der Waals surface area contributed by atoms with Crippen LogP contribution in [0.1, 0.15) is 36.0 Å². The molecule has 0 amide bonds. The molecule has 0 heterocycles. The summed E-state index contributed by atoms with van der Waals surface area (Å²) in [4.78, 5) is 0. The average Bonchev–Trinajstić information content (AvgIpc) is 2.98. The highest BCUT2D eigenvalue weighted by molar-refractivity contribution is 5.32. The molecule has 1 saturated carbocycles. The molecular formula is C14H19FO. The first kappa shape index (κ1) is 11.6. The summed E-state index contributed by atoms with van der Waals surface area (Å²) in [5.74, 6) is 0.356. The molecule has 1 aliphatic rings. The zero-order valence-corrected chi connectivity index (χ0v) is 9.96. The van der Waals surface area contributed by atoms with Crippen LogP contribution in [0.2, 0.25) is 0 Å². The standard InChI is InChI=1S/C14H19FO/c1-9-7-10(2)12(13(15)8-9)5-6-14(16)11-3-4-11/h7-8,11,14,16H,3-6H2,1-2H3. The van der Waals surface area contributed by atoms with Gasteiger partial charge in [-0.05, 0) is 68.2 Å². The summed E-state index contributed by atoms with van der Waals surface area (Å²) in [6.45, 7) is 3.84. The topological polar surface area (TPSA) is 20.2 Å². The Hall–Kier alpha value is -0.890. The van der Waals surface area contributed by atoms with Gasteiger partial charge < -0.3 is 5.11 Å². The van der Waals surface area contributed by atoms with Gasteiger partial charge >= 0.3 is 0 Å². The number of halogens is 1. The number of benzene rings is 1. The average molecular weight is 222 g/mol. The van der Waals surface area contributed by atoms with Crippen molar-refractivity contribution in [2.45, 2.75) is 45.6 Å². The van der Waals surface area contributed by atoms with Crippen molar-refractivity contribution in [2.24, 2.45) is 5.92 Å². The fourth-order valence-electron chi connectivity index (χ4n) is 2.27. The van der Waals surface area contributed by atoms with E-state index < -0.39 is 0 Å². The largest absolute Gasteiger partial charge is 0.393 e. The minimum atomic E-state index is -0.236. The van der Waals surface area contributed by atoms with E-state index in [2.05, 4.69) is 0 Å². The van der Waals surface area contributed by atoms with Crippen molar-refractivity contribution < 1.29 is 9.50 Å². The molecule has 1 fully saturated rings. The molecule has 2 rings (SSSR count). The Morgan fingerprint density at radius 2 is 2.06 bits per heavy atom. The Morgan fingerprint density at radius 3 is 2.62 bits per heavy atom. The lowest BCUT2D eigenvalue weighted by Gasteiger charge is -2.12. The zero-order valence-electron chi connectivity index (χ0n) is 9.96. The summed E-state index contributed by atoms with van der Waals surface area (Å²) in [5.41, 5.74) is 2.73. The van der Waals surface area contributed by atoms with Crippen molar-refractivity contribution in [3.8, 4) is 0 Å². The Labute approximate surface area is 96.3 Å². The molecule has 0 radical (unpaired) electrons. The Kier molecular flexibility index (Phi) is 3.29. The summed E-state index contributed by atoms with van der Waals surface area (Å²) in [6.07, 6.45) is 3.37. The van der Waals surface area contributed by atoms with Gasteiger partial charge in [0.1, 0.15) is 5.82 Å². The molecular weight excluding hydrogens is 203 g/mol. The van der Waals surface area contributed by atoms with Crippen LogP contribution in [0.5, 0.6) is 0 Å². The molecule has 16 heavy (non-hydrogen) atoms. The number of aryl methyl sites for hydroxylation is 2. The molecule has 2 heteroatoms. The lowest BCUT2D eigenvalue weighted by molar-refractivity contribution is 0.141. The van der Waals surface area contributed by atoms with Gasteiger partial charge in [-0.25, -0.2) is 4.39 Å². The molecule has 88 valence electrons. The van der Waals surface area contributed by atoms with Gasteiger partial charge in [0, 0.05) is 0 Å². The van der Waals surface area contributed by atoms with Crippen LogP contribution in [0.3, 0.4) is 0 Å². The van der Waals surface area contributed by atoms with Crippen molar-refractivity contribution in [3.63, 3.8) is 0 Å². The summed E-state index contributed by atoms with van der Waals surface area (Å²) in [7, 11) is 0. The van der Waals surface area contributed by atoms with E-state index in [-0.39, 0.29) is 11.9 Å². The normalized spacial score (nSPS) is 17.5. The second kappa shape index (κ2) is 4.54. The van der Waals surface area contributed by atoms with Crippen LogP contribution in [0, 0.1) is 25.6 Å². The highest BCUT2D eigenvalue weighted by atomic mass is 19.1. The molecule has 1 N–H and O–H groups in total. The third-order valence-corrected chi connectivity index (χ3v) is 3.42. The van der Waals surface area contributed by atoms with E-state index in [4.69, 9.17) is 0 Å². The van der Waals surface area contributed by atoms with Gasteiger partial charge in [0.05, 0.1) is 6.10 Å². The molecule has 1 nitrogen and oxygen atoms in total. The highest BCUT2D eigenvalue weighted by Crippen LogP contribution is 2.34. The quantitative estimate of drug-likeness (QED) is 0.829. The third kappa shape index (κ3) is 2.62. The molecule has 0 aliphatic heterocycles. The lowest BCUT2D eigenvalue weighted by Crippen LogP contribution is -2.11. The van der Waals surface area contributed by atoms with Crippen LogP contribution >= 0.6 is 0 Å². The van der Waals surface area contributed by atoms with E-state index in [9.17, 15) is 9.50 Å². The maximum atomic E-state index is 13.7. The number of hydrogen-bond donors (Lipinski definition) is 1. The second-order valence-electron chi connectivity index (χ2n) is 4.99. The number of aliphatic hydroxyl groups excluding tert-OH is 1. The predicted octanol–water partition coefficient (Wildman–Crippen LogP) is 3.15. The summed E-state index contributed by atoms with van der Waals surface area (Å²) in [6, 6.07) is 3.58. The van der Waals surface area contributed by atoms with Crippen LogP contribution in [0.4, 0.5) is 4.39 Å². The summed E-state index contributed by atoms with van der Waals surface area (Å²) in [5, 5.41) is 9.76. The second-order valence-corrected chi connectivity index (χ2v) is 4.99. The molecule has 1 atom stereocenters. The molecule has 0 aromatic heterocycles. The molecule has 1 aromatic rings. The molecule has 0 spiro atoms. The van der Waals surface area contributed by atoms with Gasteiger partial charge in [-0.15, -0.1) is 0 Å². The highest BCUT2D eigenvalue weighted by Gasteiger charge is 2.29. The van der Waals surface area contributed by atoms with Crippen LogP contribution in [-0.4, -0.2) is 11.2 Å². The van der Waals surface area contributed by atoms with Crippen molar-refractivity contribution in [1.82, 2.24) is 0 Å². The fourth-order valence-corrected chi connectivity index (χ4v) is 2.27. The maximum Gasteiger partial charge on any atom is 0.126 e. The molecule has 1 aliphatic carbocycles. The van der Waals surface area contributed by atoms with Crippen molar-refractivity contribution in [2.75, 3.05) is 0 Å². The number of hydrogen-bond acceptors (Lipinski definition) is 1. The van der Waals surface area contributed by atoms with Gasteiger partial charge in [-0.3, -0.25) is 0 Å². The third-order valence-electron chi connectivity index (χ3n) is 3.42. The Bertz CT molecular complexity index is 359. The summed E-state index contributed by atoms with van der Waals surface area (Å²) >= 11 is 0. The van der Waals surface area contributed by atoms with Crippen LogP contribution < -0.4 is 0 Å². The Balaban J connectivity index is 2.02. The van der Waals surface area contributed by atoms with Crippen molar-refractivity contribution in [1.29, 1.82) is 0 Å². The van der Waals surface area contributed by atoms with Gasteiger partial charge in [0.2, 0.25) is 0 Å². The number of aliphatic hydroxyl groups is 1. The monoisotopic (exact) mass is 222 g/mol. The van der Waals surface area contributed by atoms with Gasteiger partial charge in [-0.2, -0.15) is 0 Å². The van der Waals surface area contributed by atoms with E-state index in [1.807, 2.05) is 19.9 Å². The first-order valence-corrected chi connectivity index (χ1v) is 6.01. The zero-order chi connectivity index (χ0) is 11.7. The molecule has 1 unspecified atom stereocenters.